The van der Waals surface area contributed by atoms with E-state index < -0.39 is 29.8 Å². The van der Waals surface area contributed by atoms with E-state index in [4.69, 9.17) is 0 Å². The molecule has 0 saturated heterocycles. The fourth-order valence-electron chi connectivity index (χ4n) is 3.08. The second kappa shape index (κ2) is 7.98. The lowest BCUT2D eigenvalue weighted by molar-refractivity contribution is -0.117. The molecule has 10 heteroatoms. The first-order chi connectivity index (χ1) is 14.8. The molecular weight excluding hydrogens is 406 g/mol. The molecule has 0 aliphatic carbocycles. The van der Waals surface area contributed by atoms with Crippen LogP contribution in [0.25, 0.3) is 5.65 Å². The molecule has 0 fully saturated rings. The molecule has 0 bridgehead atoms. The number of amides is 1. The molecule has 1 amide bonds. The van der Waals surface area contributed by atoms with Gasteiger partial charge in [0.05, 0.1) is 0 Å². The van der Waals surface area contributed by atoms with Gasteiger partial charge in [-0.3, -0.25) is 4.79 Å². The summed E-state index contributed by atoms with van der Waals surface area (Å²) >= 11 is 0. The average molecular weight is 424 g/mol. The van der Waals surface area contributed by atoms with E-state index in [1.54, 1.807) is 13.0 Å². The highest BCUT2D eigenvalue weighted by molar-refractivity contribution is 5.90. The van der Waals surface area contributed by atoms with Crippen LogP contribution in [-0.2, 0) is 11.3 Å². The van der Waals surface area contributed by atoms with Crippen molar-refractivity contribution >= 4 is 28.9 Å². The van der Waals surface area contributed by atoms with E-state index in [0.29, 0.717) is 11.3 Å². The fourth-order valence-corrected chi connectivity index (χ4v) is 3.08. The number of carbonyl (C=O) groups excluding carboxylic acids is 1. The Morgan fingerprint density at radius 1 is 1.06 bits per heavy atom. The Hall–Kier alpha value is -4.08. The number of nitrogens with zero attached hydrogens (tertiary/aromatic N) is 4. The minimum atomic E-state index is -1.09. The molecule has 2 heterocycles. The minimum absolute atomic E-state index is 0.0696. The molecule has 4 aromatic rings. The molecule has 4 rings (SSSR count). The summed E-state index contributed by atoms with van der Waals surface area (Å²) in [7, 11) is 0. The summed E-state index contributed by atoms with van der Waals surface area (Å²) in [5.41, 5.74) is 2.18. The molecule has 158 valence electrons. The summed E-state index contributed by atoms with van der Waals surface area (Å²) in [6.07, 6.45) is 0. The maximum absolute atomic E-state index is 13.3. The normalized spacial score (nSPS) is 11.0. The quantitative estimate of drug-likeness (QED) is 0.513. The Labute approximate surface area is 175 Å². The number of hydrogen-bond donors (Lipinski definition) is 2. The summed E-state index contributed by atoms with van der Waals surface area (Å²) in [4.78, 5) is 29.6. The average Bonchev–Trinajstić information content (AvgIpc) is 3.01. The van der Waals surface area contributed by atoms with E-state index in [1.807, 2.05) is 31.2 Å². The highest BCUT2D eigenvalue weighted by Crippen LogP contribution is 2.19. The first-order valence-electron chi connectivity index (χ1n) is 9.36. The molecular formula is C21H18F2N6O2. The summed E-state index contributed by atoms with van der Waals surface area (Å²) in [6.45, 7) is 3.27. The van der Waals surface area contributed by atoms with Crippen molar-refractivity contribution < 1.29 is 13.6 Å². The third-order valence-corrected chi connectivity index (χ3v) is 4.58. The summed E-state index contributed by atoms with van der Waals surface area (Å²) in [6, 6.07) is 12.1. The molecule has 0 unspecified atom stereocenters. The number of carbonyl (C=O) groups is 1. The van der Waals surface area contributed by atoms with Crippen LogP contribution in [-0.4, -0.2) is 25.1 Å². The maximum atomic E-state index is 13.3. The largest absolute Gasteiger partial charge is 0.353 e. The zero-order valence-corrected chi connectivity index (χ0v) is 16.7. The van der Waals surface area contributed by atoms with Gasteiger partial charge in [0.1, 0.15) is 6.54 Å². The molecule has 0 radical (unpaired) electrons. The highest BCUT2D eigenvalue weighted by Gasteiger charge is 2.16. The van der Waals surface area contributed by atoms with Gasteiger partial charge in [-0.2, -0.15) is 0 Å². The number of benzene rings is 2. The van der Waals surface area contributed by atoms with Crippen molar-refractivity contribution in [2.75, 3.05) is 10.6 Å². The number of para-hydroxylation sites is 1. The second-order valence-corrected chi connectivity index (χ2v) is 6.97. The van der Waals surface area contributed by atoms with Crippen molar-refractivity contribution in [2.24, 2.45) is 0 Å². The minimum Gasteiger partial charge on any atom is -0.325 e. The monoisotopic (exact) mass is 424 g/mol. The SMILES string of the molecule is Cc1cc2nn(CC(=O)Nc3ccc(F)c(F)c3)c(=O)n2c(Nc2ccccc2C)n1. The Bertz CT molecular complexity index is 1360. The Morgan fingerprint density at radius 2 is 1.84 bits per heavy atom. The number of aryl methyl sites for hydroxylation is 2. The Morgan fingerprint density at radius 3 is 2.58 bits per heavy atom. The summed E-state index contributed by atoms with van der Waals surface area (Å²) in [5, 5.41) is 9.76. The van der Waals surface area contributed by atoms with Crippen LogP contribution in [0.1, 0.15) is 11.3 Å². The molecule has 2 aromatic heterocycles. The number of hydrogen-bond acceptors (Lipinski definition) is 5. The number of aromatic nitrogens is 4. The molecule has 0 spiro atoms. The van der Waals surface area contributed by atoms with Crippen molar-refractivity contribution in [2.45, 2.75) is 20.4 Å². The first-order valence-corrected chi connectivity index (χ1v) is 9.36. The third kappa shape index (κ3) is 4.13. The van der Waals surface area contributed by atoms with Crippen LogP contribution in [0.4, 0.5) is 26.1 Å². The number of anilines is 3. The van der Waals surface area contributed by atoms with Gasteiger partial charge < -0.3 is 10.6 Å². The van der Waals surface area contributed by atoms with Gasteiger partial charge in [0, 0.05) is 29.2 Å². The number of fused-ring (bicyclic) bond motifs is 1. The van der Waals surface area contributed by atoms with Gasteiger partial charge in [-0.15, -0.1) is 5.10 Å². The predicted octanol–water partition coefficient (Wildman–Crippen LogP) is 3.17. The Balaban J connectivity index is 1.64. The first kappa shape index (κ1) is 20.2. The lowest BCUT2D eigenvalue weighted by Crippen LogP contribution is -2.29. The number of halogens is 2. The van der Waals surface area contributed by atoms with Gasteiger partial charge in [-0.25, -0.2) is 27.6 Å². The van der Waals surface area contributed by atoms with Gasteiger partial charge >= 0.3 is 5.69 Å². The highest BCUT2D eigenvalue weighted by atomic mass is 19.2. The molecule has 31 heavy (non-hydrogen) atoms. The number of nitrogens with one attached hydrogen (secondary N) is 2. The molecule has 0 saturated carbocycles. The maximum Gasteiger partial charge on any atom is 0.353 e. The summed E-state index contributed by atoms with van der Waals surface area (Å²) in [5.74, 6) is -2.46. The van der Waals surface area contributed by atoms with Crippen LogP contribution >= 0.6 is 0 Å². The van der Waals surface area contributed by atoms with Crippen molar-refractivity contribution in [3.05, 3.63) is 81.9 Å². The van der Waals surface area contributed by atoms with Gasteiger partial charge in [-0.05, 0) is 37.6 Å². The zero-order chi connectivity index (χ0) is 22.1. The molecule has 2 N–H and O–H groups in total. The zero-order valence-electron chi connectivity index (χ0n) is 16.7. The molecule has 2 aromatic carbocycles. The van der Waals surface area contributed by atoms with Crippen LogP contribution in [0.3, 0.4) is 0 Å². The molecule has 0 atom stereocenters. The second-order valence-electron chi connectivity index (χ2n) is 6.97. The third-order valence-electron chi connectivity index (χ3n) is 4.58. The Kier molecular flexibility index (Phi) is 5.20. The topological polar surface area (TPSA) is 93.3 Å². The molecule has 0 aliphatic rings. The standard InChI is InChI=1S/C21H18F2N6O2/c1-12-5-3-4-6-17(12)26-20-24-13(2)9-18-27-28(21(31)29(18)20)11-19(30)25-14-7-8-15(22)16(23)10-14/h3-10H,11H2,1-2H3,(H,24,26)(H,25,30). The smallest absolute Gasteiger partial charge is 0.325 e. The fraction of sp³-hybridized carbons (Fsp3) is 0.143. The van der Waals surface area contributed by atoms with Gasteiger partial charge in [0.15, 0.2) is 17.3 Å². The summed E-state index contributed by atoms with van der Waals surface area (Å²) < 4.78 is 28.6. The van der Waals surface area contributed by atoms with E-state index >= 15 is 0 Å². The van der Waals surface area contributed by atoms with Crippen LogP contribution in [0, 0.1) is 25.5 Å². The van der Waals surface area contributed by atoms with Crippen LogP contribution in [0.5, 0.6) is 0 Å². The number of rotatable bonds is 5. The van der Waals surface area contributed by atoms with E-state index in [1.165, 1.54) is 10.5 Å². The van der Waals surface area contributed by atoms with E-state index in [9.17, 15) is 18.4 Å². The van der Waals surface area contributed by atoms with Crippen LogP contribution < -0.4 is 16.3 Å². The van der Waals surface area contributed by atoms with Crippen LogP contribution in [0.15, 0.2) is 53.3 Å². The van der Waals surface area contributed by atoms with Crippen molar-refractivity contribution in [3.8, 4) is 0 Å². The van der Waals surface area contributed by atoms with Gasteiger partial charge in [-0.1, -0.05) is 18.2 Å². The predicted molar refractivity (Wildman–Crippen MR) is 111 cm³/mol. The van der Waals surface area contributed by atoms with E-state index in [2.05, 4.69) is 20.7 Å². The van der Waals surface area contributed by atoms with E-state index in [-0.39, 0.29) is 11.6 Å². The lowest BCUT2D eigenvalue weighted by atomic mass is 10.2. The van der Waals surface area contributed by atoms with Crippen molar-refractivity contribution in [1.82, 2.24) is 19.2 Å². The van der Waals surface area contributed by atoms with Crippen molar-refractivity contribution in [1.29, 1.82) is 0 Å². The van der Waals surface area contributed by atoms with Crippen molar-refractivity contribution in [3.63, 3.8) is 0 Å². The van der Waals surface area contributed by atoms with Crippen LogP contribution in [0.2, 0.25) is 0 Å². The van der Waals surface area contributed by atoms with Gasteiger partial charge in [0.2, 0.25) is 11.9 Å². The lowest BCUT2D eigenvalue weighted by Gasteiger charge is -2.10. The van der Waals surface area contributed by atoms with Gasteiger partial charge in [0.25, 0.3) is 0 Å². The molecule has 0 aliphatic heterocycles. The van der Waals surface area contributed by atoms with E-state index in [0.717, 1.165) is 28.1 Å². The molecule has 8 nitrogen and oxygen atoms in total.